The topological polar surface area (TPSA) is 119 Å². The first-order valence-electron chi connectivity index (χ1n) is 10.2. The summed E-state index contributed by atoms with van der Waals surface area (Å²) in [7, 11) is -1.52. The van der Waals surface area contributed by atoms with Gasteiger partial charge in [0.1, 0.15) is 17.8 Å². The molecule has 31 heavy (non-hydrogen) atoms. The van der Waals surface area contributed by atoms with Crippen molar-refractivity contribution in [2.45, 2.75) is 70.2 Å². The molecule has 0 radical (unpaired) electrons. The van der Waals surface area contributed by atoms with Gasteiger partial charge in [0.15, 0.2) is 6.23 Å². The highest BCUT2D eigenvalue weighted by atomic mass is 79.9. The summed E-state index contributed by atoms with van der Waals surface area (Å²) in [5.74, 6) is 0. The van der Waals surface area contributed by atoms with E-state index >= 15 is 0 Å². The maximum atomic E-state index is 12.3. The number of halogens is 1. The van der Waals surface area contributed by atoms with E-state index in [2.05, 4.69) is 59.3 Å². The molecular formula is C19H28BrN4O6P. The molecule has 12 heteroatoms. The lowest BCUT2D eigenvalue weighted by Gasteiger charge is -2.38. The Morgan fingerprint density at radius 1 is 1.42 bits per heavy atom. The summed E-state index contributed by atoms with van der Waals surface area (Å²) in [6.45, 7) is 8.79. The second-order valence-electron chi connectivity index (χ2n) is 8.07. The third kappa shape index (κ3) is 4.96. The van der Waals surface area contributed by atoms with Crippen molar-refractivity contribution in [1.29, 1.82) is 5.26 Å². The van der Waals surface area contributed by atoms with E-state index in [1.165, 1.54) is 16.8 Å². The standard InChI is InChI=1S/C19H28BrN4O6P/c1-12(2)24(13(3)4)31(28-9-5-7-21)30-16-15-17(29-19(16,10-20)11-27-15)23-8-6-14(25)22-18(23)26/h6,8,12-13,15-17H,5,9-11H2,1-4H3,(H,22,25,26)/t15?,16?,17-,19-,31?/m1/s1. The Kier molecular flexibility index (Phi) is 8.08. The Morgan fingerprint density at radius 2 is 2.13 bits per heavy atom. The van der Waals surface area contributed by atoms with Crippen molar-refractivity contribution >= 4 is 24.5 Å². The highest BCUT2D eigenvalue weighted by Gasteiger charge is 2.63. The molecule has 2 bridgehead atoms. The summed E-state index contributed by atoms with van der Waals surface area (Å²) in [5, 5.41) is 9.35. The molecule has 5 atom stereocenters. The fourth-order valence-electron chi connectivity index (χ4n) is 3.88. The molecule has 2 aliphatic rings. The van der Waals surface area contributed by atoms with E-state index in [0.29, 0.717) is 11.9 Å². The van der Waals surface area contributed by atoms with Gasteiger partial charge in [0.25, 0.3) is 14.1 Å². The van der Waals surface area contributed by atoms with E-state index < -0.39 is 43.8 Å². The number of nitriles is 1. The molecular weight excluding hydrogens is 491 g/mol. The molecule has 172 valence electrons. The number of hydrogen-bond donors (Lipinski definition) is 1. The fourth-order valence-corrected chi connectivity index (χ4v) is 6.31. The predicted octanol–water partition coefficient (Wildman–Crippen LogP) is 2.26. The van der Waals surface area contributed by atoms with Gasteiger partial charge in [-0.15, -0.1) is 0 Å². The number of H-pyrrole nitrogens is 1. The number of hydrogen-bond acceptors (Lipinski definition) is 8. The molecule has 0 aromatic carbocycles. The first-order chi connectivity index (χ1) is 14.7. The minimum atomic E-state index is -1.52. The quantitative estimate of drug-likeness (QED) is 0.284. The van der Waals surface area contributed by atoms with Crippen LogP contribution >= 0.6 is 24.5 Å². The Labute approximate surface area is 190 Å². The average Bonchev–Trinajstić information content (AvgIpc) is 3.19. The lowest BCUT2D eigenvalue weighted by atomic mass is 10.0. The van der Waals surface area contributed by atoms with Crippen LogP contribution < -0.4 is 11.2 Å². The third-order valence-corrected chi connectivity index (χ3v) is 8.25. The summed E-state index contributed by atoms with van der Waals surface area (Å²) in [6, 6.07) is 3.65. The molecule has 0 aliphatic carbocycles. The number of fused-ring (bicyclic) bond motifs is 2. The van der Waals surface area contributed by atoms with Crippen molar-refractivity contribution in [1.82, 2.24) is 14.2 Å². The maximum absolute atomic E-state index is 12.3. The van der Waals surface area contributed by atoms with Gasteiger partial charge < -0.3 is 18.5 Å². The van der Waals surface area contributed by atoms with Crippen LogP contribution in [0, 0.1) is 11.3 Å². The van der Waals surface area contributed by atoms with Gasteiger partial charge in [-0.3, -0.25) is 14.3 Å². The van der Waals surface area contributed by atoms with Crippen LogP contribution in [0.2, 0.25) is 0 Å². The maximum Gasteiger partial charge on any atom is 0.330 e. The third-order valence-electron chi connectivity index (χ3n) is 5.19. The summed E-state index contributed by atoms with van der Waals surface area (Å²) in [4.78, 5) is 26.1. The van der Waals surface area contributed by atoms with E-state index in [9.17, 15) is 9.59 Å². The van der Waals surface area contributed by atoms with Crippen molar-refractivity contribution in [3.05, 3.63) is 33.1 Å². The Bertz CT molecular complexity index is 910. The van der Waals surface area contributed by atoms with Crippen LogP contribution in [0.3, 0.4) is 0 Å². The molecule has 0 saturated carbocycles. The SMILES string of the molecule is CC(C)N(C(C)C)P(OCCC#N)OC1C2OC[C@@]1(CBr)O[C@H]2n1ccc(=O)[nH]c1=O. The molecule has 1 aromatic rings. The van der Waals surface area contributed by atoms with Crippen LogP contribution in [0.15, 0.2) is 21.9 Å². The van der Waals surface area contributed by atoms with Gasteiger partial charge in [-0.05, 0) is 27.7 Å². The van der Waals surface area contributed by atoms with Crippen LogP contribution in [0.25, 0.3) is 0 Å². The number of ether oxygens (including phenoxy) is 2. The number of aromatic amines is 1. The van der Waals surface area contributed by atoms with Crippen LogP contribution in [0.4, 0.5) is 0 Å². The first kappa shape index (κ1) is 24.5. The van der Waals surface area contributed by atoms with Gasteiger partial charge >= 0.3 is 5.69 Å². The first-order valence-corrected chi connectivity index (χ1v) is 12.4. The van der Waals surface area contributed by atoms with Gasteiger partial charge in [0.05, 0.1) is 25.7 Å². The second-order valence-corrected chi connectivity index (χ2v) is 10.0. The van der Waals surface area contributed by atoms with Gasteiger partial charge in [-0.25, -0.2) is 9.46 Å². The molecule has 0 spiro atoms. The zero-order valence-corrected chi connectivity index (χ0v) is 20.5. The van der Waals surface area contributed by atoms with Gasteiger partial charge in [-0.1, -0.05) is 15.9 Å². The summed E-state index contributed by atoms with van der Waals surface area (Å²) in [5.41, 5.74) is -1.87. The van der Waals surface area contributed by atoms with E-state index in [0.717, 1.165) is 0 Å². The van der Waals surface area contributed by atoms with Gasteiger partial charge in [0.2, 0.25) is 0 Å². The zero-order valence-electron chi connectivity index (χ0n) is 18.0. The van der Waals surface area contributed by atoms with Crippen LogP contribution in [-0.4, -0.2) is 62.7 Å². The summed E-state index contributed by atoms with van der Waals surface area (Å²) < 4.78 is 28.3. The smallest absolute Gasteiger partial charge is 0.330 e. The number of aromatic nitrogens is 2. The lowest BCUT2D eigenvalue weighted by Crippen LogP contribution is -2.44. The van der Waals surface area contributed by atoms with Crippen molar-refractivity contribution in [3.8, 4) is 6.07 Å². The molecule has 10 nitrogen and oxygen atoms in total. The van der Waals surface area contributed by atoms with E-state index in [4.69, 9.17) is 23.8 Å². The van der Waals surface area contributed by atoms with Crippen LogP contribution in [0.5, 0.6) is 0 Å². The van der Waals surface area contributed by atoms with Crippen molar-refractivity contribution < 1.29 is 18.5 Å². The molecule has 1 N–H and O–H groups in total. The fraction of sp³-hybridized carbons (Fsp3) is 0.737. The molecule has 2 fully saturated rings. The highest BCUT2D eigenvalue weighted by Crippen LogP contribution is 2.55. The van der Waals surface area contributed by atoms with Gasteiger partial charge in [-0.2, -0.15) is 5.26 Å². The Hall–Kier alpha value is -1.12. The molecule has 3 unspecified atom stereocenters. The van der Waals surface area contributed by atoms with Crippen molar-refractivity contribution in [2.24, 2.45) is 0 Å². The highest BCUT2D eigenvalue weighted by molar-refractivity contribution is 9.09. The number of nitrogens with one attached hydrogen (secondary N) is 1. The van der Waals surface area contributed by atoms with E-state index in [-0.39, 0.29) is 25.1 Å². The summed E-state index contributed by atoms with van der Waals surface area (Å²) >= 11 is 3.52. The predicted molar refractivity (Wildman–Crippen MR) is 118 cm³/mol. The Balaban J connectivity index is 1.90. The molecule has 2 aliphatic heterocycles. The number of rotatable bonds is 10. The Morgan fingerprint density at radius 3 is 2.71 bits per heavy atom. The van der Waals surface area contributed by atoms with Crippen LogP contribution in [0.1, 0.15) is 40.3 Å². The van der Waals surface area contributed by atoms with Crippen molar-refractivity contribution in [3.63, 3.8) is 0 Å². The van der Waals surface area contributed by atoms with Crippen LogP contribution in [-0.2, 0) is 18.5 Å². The average molecular weight is 519 g/mol. The minimum Gasteiger partial charge on any atom is -0.367 e. The minimum absolute atomic E-state index is 0.145. The number of alkyl halides is 1. The molecule has 2 saturated heterocycles. The monoisotopic (exact) mass is 518 g/mol. The van der Waals surface area contributed by atoms with E-state index in [1.54, 1.807) is 0 Å². The lowest BCUT2D eigenvalue weighted by molar-refractivity contribution is -0.164. The molecule has 3 rings (SSSR count). The zero-order chi connectivity index (χ0) is 22.8. The summed E-state index contributed by atoms with van der Waals surface area (Å²) in [6.07, 6.45) is -0.166. The molecule has 0 amide bonds. The largest absolute Gasteiger partial charge is 0.367 e. The number of nitrogens with zero attached hydrogens (tertiary/aromatic N) is 3. The van der Waals surface area contributed by atoms with Gasteiger partial charge in [0, 0.05) is 29.7 Å². The molecule has 3 heterocycles. The van der Waals surface area contributed by atoms with Crippen molar-refractivity contribution in [2.75, 3.05) is 18.5 Å². The second kappa shape index (κ2) is 10.2. The molecule has 1 aromatic heterocycles. The normalized spacial score (nSPS) is 28.5. The van der Waals surface area contributed by atoms with E-state index in [1.807, 2.05) is 0 Å².